The highest BCUT2D eigenvalue weighted by atomic mass is 16.1. The van der Waals surface area contributed by atoms with Gasteiger partial charge in [-0.3, -0.25) is 9.69 Å². The minimum Gasteiger partial charge on any atom is -0.399 e. The van der Waals surface area contributed by atoms with Crippen LogP contribution in [0.2, 0.25) is 0 Å². The van der Waals surface area contributed by atoms with Gasteiger partial charge in [0.25, 0.3) is 0 Å². The number of hydrogen-bond donors (Lipinski definition) is 2. The molecule has 0 aromatic heterocycles. The summed E-state index contributed by atoms with van der Waals surface area (Å²) in [4.78, 5) is 15.9. The van der Waals surface area contributed by atoms with Crippen LogP contribution in [-0.2, 0) is 4.79 Å². The van der Waals surface area contributed by atoms with Gasteiger partial charge < -0.3 is 16.0 Å². The highest BCUT2D eigenvalue weighted by Crippen LogP contribution is 2.29. The van der Waals surface area contributed by atoms with Gasteiger partial charge in [0, 0.05) is 29.9 Å². The number of nitrogens with two attached hydrogens (primary N) is 1. The normalized spacial score (nSPS) is 26.5. The predicted octanol–water partition coefficient (Wildman–Crippen LogP) is 6.58. The van der Waals surface area contributed by atoms with Crippen molar-refractivity contribution in [3.05, 3.63) is 60.7 Å². The molecule has 6 aliphatic heterocycles. The Morgan fingerprint density at radius 1 is 0.757 bits per heavy atom. The van der Waals surface area contributed by atoms with E-state index in [1.807, 2.05) is 30.3 Å². The molecule has 6 fully saturated rings. The lowest BCUT2D eigenvalue weighted by Crippen LogP contribution is -2.53. The Morgan fingerprint density at radius 2 is 1.24 bits per heavy atom. The molecule has 206 valence electrons. The molecule has 3 N–H and O–H groups in total. The van der Waals surface area contributed by atoms with Crippen LogP contribution in [0.4, 0.5) is 11.4 Å². The average molecular weight is 509 g/mol. The van der Waals surface area contributed by atoms with Crippen LogP contribution in [0.1, 0.15) is 66.2 Å². The Bertz CT molecular complexity index is 826. The number of ketones is 1. The fraction of sp³-hybridized carbons (Fsp3) is 0.594. The minimum absolute atomic E-state index is 0.440. The van der Waals surface area contributed by atoms with E-state index in [-0.39, 0.29) is 0 Å². The summed E-state index contributed by atoms with van der Waals surface area (Å²) < 4.78 is 0. The molecule has 6 aliphatic rings. The average Bonchev–Trinajstić information content (AvgIpc) is 2.93. The van der Waals surface area contributed by atoms with E-state index >= 15 is 0 Å². The van der Waals surface area contributed by atoms with Gasteiger partial charge in [-0.25, -0.2) is 0 Å². The van der Waals surface area contributed by atoms with E-state index in [0.717, 1.165) is 44.1 Å². The summed E-state index contributed by atoms with van der Waals surface area (Å²) in [5.74, 6) is 1.82. The molecular formula is C32H52N4O. The molecule has 0 spiro atoms. The maximum Gasteiger partial charge on any atom is 0.149 e. The topological polar surface area (TPSA) is 61.6 Å². The van der Waals surface area contributed by atoms with E-state index in [4.69, 9.17) is 5.73 Å². The molecule has 0 amide bonds. The highest BCUT2D eigenvalue weighted by Gasteiger charge is 2.34. The standard InChI is InChI=1S/C13H18N2.C7H11NO.C6H7N.2C3H8/c1-2-4-12(5-3-1)14-13-10-15-8-6-11(13)7-9-15;9-7-5-8-3-1-6(7)2-4-8;7-6-4-2-1-3-5-6;2*1-3-2/h1-5,11,13-14H,6-10H2;6H,1-5H2;1-5H,7H2;2*3H2,1-2H3/t13-;;;;/m0..../s1. The number of Topliss-reactive ketones (excluding diaryl/α,β-unsaturated/α-hetero) is 1. The summed E-state index contributed by atoms with van der Waals surface area (Å²) in [5.41, 5.74) is 7.45. The molecule has 2 aromatic rings. The van der Waals surface area contributed by atoms with Gasteiger partial charge in [-0.15, -0.1) is 0 Å². The van der Waals surface area contributed by atoms with Gasteiger partial charge in [-0.2, -0.15) is 0 Å². The first-order valence-electron chi connectivity index (χ1n) is 14.6. The largest absolute Gasteiger partial charge is 0.399 e. The smallest absolute Gasteiger partial charge is 0.149 e. The zero-order valence-electron chi connectivity index (χ0n) is 23.9. The zero-order valence-corrected chi connectivity index (χ0v) is 23.9. The molecule has 2 aromatic carbocycles. The Hall–Kier alpha value is -2.37. The second-order valence-corrected chi connectivity index (χ2v) is 10.6. The Morgan fingerprint density at radius 3 is 1.57 bits per heavy atom. The van der Waals surface area contributed by atoms with Crippen LogP contribution in [0.15, 0.2) is 60.7 Å². The molecule has 0 saturated carbocycles. The quantitative estimate of drug-likeness (QED) is 0.449. The van der Waals surface area contributed by atoms with Crippen molar-refractivity contribution < 1.29 is 4.79 Å². The van der Waals surface area contributed by atoms with E-state index in [1.165, 1.54) is 51.0 Å². The SMILES string of the molecule is CCC.CCC.Nc1ccccc1.O=C1CN2CCC1CC2.c1ccc(N[C@H]2CN3CCC2CC3)cc1. The first-order valence-corrected chi connectivity index (χ1v) is 14.6. The number of carbonyl (C=O) groups is 1. The number of para-hydroxylation sites is 2. The third-order valence-electron chi connectivity index (χ3n) is 7.00. The number of nitrogens with zero attached hydrogens (tertiary/aromatic N) is 2. The van der Waals surface area contributed by atoms with Gasteiger partial charge in [0.2, 0.25) is 0 Å². The second-order valence-electron chi connectivity index (χ2n) is 10.6. The number of hydrogen-bond acceptors (Lipinski definition) is 5. The number of fused-ring (bicyclic) bond motifs is 6. The molecule has 0 unspecified atom stereocenters. The number of anilines is 2. The van der Waals surface area contributed by atoms with E-state index in [2.05, 4.69) is 73.1 Å². The molecule has 4 bridgehead atoms. The van der Waals surface area contributed by atoms with Crippen molar-refractivity contribution in [2.75, 3.05) is 50.3 Å². The van der Waals surface area contributed by atoms with Crippen LogP contribution >= 0.6 is 0 Å². The summed E-state index contributed by atoms with van der Waals surface area (Å²) in [6.07, 6.45) is 7.51. The van der Waals surface area contributed by atoms with E-state index in [9.17, 15) is 4.79 Å². The van der Waals surface area contributed by atoms with Crippen LogP contribution in [0.25, 0.3) is 0 Å². The lowest BCUT2D eigenvalue weighted by molar-refractivity contribution is -0.130. The summed E-state index contributed by atoms with van der Waals surface area (Å²) >= 11 is 0. The molecule has 0 radical (unpaired) electrons. The number of rotatable bonds is 2. The lowest BCUT2D eigenvalue weighted by Gasteiger charge is -2.45. The minimum atomic E-state index is 0.440. The molecule has 1 atom stereocenters. The highest BCUT2D eigenvalue weighted by molar-refractivity contribution is 5.84. The Balaban J connectivity index is 0.000000188. The van der Waals surface area contributed by atoms with Crippen molar-refractivity contribution in [3.8, 4) is 0 Å². The monoisotopic (exact) mass is 508 g/mol. The maximum atomic E-state index is 11.0. The number of piperidine rings is 6. The number of nitrogens with one attached hydrogen (secondary N) is 1. The fourth-order valence-corrected chi connectivity index (χ4v) is 5.09. The Kier molecular flexibility index (Phi) is 15.0. The molecule has 5 heteroatoms. The van der Waals surface area contributed by atoms with Crippen molar-refractivity contribution >= 4 is 17.2 Å². The van der Waals surface area contributed by atoms with E-state index in [0.29, 0.717) is 17.7 Å². The van der Waals surface area contributed by atoms with Gasteiger partial charge in [-0.1, -0.05) is 76.9 Å². The van der Waals surface area contributed by atoms with Gasteiger partial charge in [-0.05, 0) is 82.0 Å². The van der Waals surface area contributed by atoms with Crippen molar-refractivity contribution in [1.29, 1.82) is 0 Å². The first kappa shape index (κ1) is 30.9. The van der Waals surface area contributed by atoms with E-state index < -0.39 is 0 Å². The number of carbonyl (C=O) groups excluding carboxylic acids is 1. The van der Waals surface area contributed by atoms with Crippen LogP contribution in [0.5, 0.6) is 0 Å². The summed E-state index contributed by atoms with van der Waals surface area (Å²) in [6.45, 7) is 15.4. The van der Waals surface area contributed by atoms with Crippen LogP contribution in [0.3, 0.4) is 0 Å². The second kappa shape index (κ2) is 18.0. The first-order chi connectivity index (χ1) is 18.0. The summed E-state index contributed by atoms with van der Waals surface area (Å²) in [7, 11) is 0. The summed E-state index contributed by atoms with van der Waals surface area (Å²) in [5, 5.41) is 3.67. The van der Waals surface area contributed by atoms with Crippen LogP contribution < -0.4 is 11.1 Å². The predicted molar refractivity (Wildman–Crippen MR) is 160 cm³/mol. The molecule has 6 saturated heterocycles. The Labute approximate surface area is 226 Å². The third-order valence-corrected chi connectivity index (χ3v) is 7.00. The van der Waals surface area contributed by atoms with E-state index in [1.54, 1.807) is 0 Å². The fourth-order valence-electron chi connectivity index (χ4n) is 5.09. The van der Waals surface area contributed by atoms with Crippen molar-refractivity contribution in [2.45, 2.75) is 72.3 Å². The lowest BCUT2D eigenvalue weighted by atomic mass is 9.84. The van der Waals surface area contributed by atoms with Crippen molar-refractivity contribution in [3.63, 3.8) is 0 Å². The van der Waals surface area contributed by atoms with Crippen LogP contribution in [0, 0.1) is 11.8 Å². The molecule has 8 rings (SSSR count). The third kappa shape index (κ3) is 11.7. The van der Waals surface area contributed by atoms with Crippen LogP contribution in [-0.4, -0.2) is 60.9 Å². The number of nitrogen functional groups attached to an aromatic ring is 1. The van der Waals surface area contributed by atoms with Gasteiger partial charge >= 0.3 is 0 Å². The van der Waals surface area contributed by atoms with Crippen molar-refractivity contribution in [1.82, 2.24) is 9.80 Å². The molecule has 6 heterocycles. The molecular weight excluding hydrogens is 456 g/mol. The number of benzene rings is 2. The molecule has 37 heavy (non-hydrogen) atoms. The molecule has 5 nitrogen and oxygen atoms in total. The van der Waals surface area contributed by atoms with Gasteiger partial charge in [0.15, 0.2) is 0 Å². The zero-order chi connectivity index (χ0) is 26.9. The van der Waals surface area contributed by atoms with Gasteiger partial charge in [0.05, 0.1) is 6.54 Å². The maximum absolute atomic E-state index is 11.0. The van der Waals surface area contributed by atoms with Crippen molar-refractivity contribution in [2.24, 2.45) is 11.8 Å². The molecule has 0 aliphatic carbocycles. The summed E-state index contributed by atoms with van der Waals surface area (Å²) in [6, 6.07) is 20.8. The van der Waals surface area contributed by atoms with Gasteiger partial charge in [0.1, 0.15) is 5.78 Å².